The Bertz CT molecular complexity index is 823. The molecule has 0 saturated carbocycles. The average molecular weight is 473 g/mol. The van der Waals surface area contributed by atoms with Crippen molar-refractivity contribution in [2.24, 2.45) is 0 Å². The smallest absolute Gasteiger partial charge is 0.308 e. The van der Waals surface area contributed by atoms with Crippen LogP contribution in [0.3, 0.4) is 0 Å². The lowest BCUT2D eigenvalue weighted by molar-refractivity contribution is -0.147. The minimum Gasteiger partial charge on any atom is -0.488 e. The summed E-state index contributed by atoms with van der Waals surface area (Å²) in [5.74, 6) is -0.718. The lowest BCUT2D eigenvalue weighted by atomic mass is 10.1. The molecule has 0 bridgehead atoms. The van der Waals surface area contributed by atoms with Gasteiger partial charge in [0.05, 0.1) is 18.6 Å². The van der Waals surface area contributed by atoms with Gasteiger partial charge in [0, 0.05) is 13.1 Å². The van der Waals surface area contributed by atoms with E-state index in [-0.39, 0.29) is 18.2 Å². The Hall–Kier alpha value is -2.83. The van der Waals surface area contributed by atoms with Crippen LogP contribution in [-0.2, 0) is 14.3 Å². The molecule has 34 heavy (non-hydrogen) atoms. The van der Waals surface area contributed by atoms with Crippen LogP contribution >= 0.6 is 0 Å². The standard InChI is InChI=1S/C27H40N2O5/c1-4-5-6-7-8-9-10-13-18-33-25(30)19-23-26(31)28-16-17-29(23)27(32)22-14-11-12-15-24(22)34-20-21(2)3/h11-12,14-15,23H,2,4-10,13,16-20H2,1,3H3,(H,28,31). The first kappa shape index (κ1) is 27.4. The Morgan fingerprint density at radius 1 is 1.09 bits per heavy atom. The molecule has 1 aliphatic heterocycles. The molecule has 1 aliphatic rings. The van der Waals surface area contributed by atoms with Gasteiger partial charge in [-0.3, -0.25) is 14.4 Å². The molecule has 0 aliphatic carbocycles. The maximum atomic E-state index is 13.3. The number of benzene rings is 1. The number of nitrogens with zero attached hydrogens (tertiary/aromatic N) is 1. The number of para-hydroxylation sites is 1. The molecule has 1 aromatic rings. The van der Waals surface area contributed by atoms with E-state index in [0.29, 0.717) is 37.6 Å². The van der Waals surface area contributed by atoms with Gasteiger partial charge in [-0.1, -0.05) is 70.6 Å². The summed E-state index contributed by atoms with van der Waals surface area (Å²) in [6, 6.07) is 6.01. The highest BCUT2D eigenvalue weighted by molar-refractivity contribution is 6.01. The first-order chi connectivity index (χ1) is 16.4. The van der Waals surface area contributed by atoms with Gasteiger partial charge >= 0.3 is 5.97 Å². The zero-order valence-electron chi connectivity index (χ0n) is 20.8. The topological polar surface area (TPSA) is 84.9 Å². The number of rotatable bonds is 15. The Balaban J connectivity index is 1.88. The molecule has 1 aromatic carbocycles. The fourth-order valence-electron chi connectivity index (χ4n) is 3.92. The highest BCUT2D eigenvalue weighted by Crippen LogP contribution is 2.23. The number of hydrogen-bond donors (Lipinski definition) is 1. The summed E-state index contributed by atoms with van der Waals surface area (Å²) in [5, 5.41) is 2.75. The van der Waals surface area contributed by atoms with Crippen LogP contribution in [0.5, 0.6) is 5.75 Å². The zero-order chi connectivity index (χ0) is 24.8. The number of nitrogens with one attached hydrogen (secondary N) is 1. The monoisotopic (exact) mass is 472 g/mol. The Labute approximate surface area is 203 Å². The summed E-state index contributed by atoms with van der Waals surface area (Å²) < 4.78 is 11.1. The fourth-order valence-corrected chi connectivity index (χ4v) is 3.92. The molecule has 7 heteroatoms. The first-order valence-electron chi connectivity index (χ1n) is 12.5. The SMILES string of the molecule is C=C(C)COc1ccccc1C(=O)N1CCNC(=O)C1CC(=O)OCCCCCCCCCC. The Morgan fingerprint density at radius 2 is 1.76 bits per heavy atom. The average Bonchev–Trinajstić information content (AvgIpc) is 2.82. The number of amides is 2. The maximum Gasteiger partial charge on any atom is 0.308 e. The zero-order valence-corrected chi connectivity index (χ0v) is 20.8. The van der Waals surface area contributed by atoms with Crippen molar-refractivity contribution in [1.82, 2.24) is 10.2 Å². The van der Waals surface area contributed by atoms with Crippen LogP contribution in [0.2, 0.25) is 0 Å². The lowest BCUT2D eigenvalue weighted by Gasteiger charge is -2.34. The molecule has 7 nitrogen and oxygen atoms in total. The molecule has 1 N–H and O–H groups in total. The molecule has 1 saturated heterocycles. The van der Waals surface area contributed by atoms with E-state index in [1.807, 2.05) is 6.92 Å². The van der Waals surface area contributed by atoms with Crippen molar-refractivity contribution in [1.29, 1.82) is 0 Å². The van der Waals surface area contributed by atoms with E-state index in [2.05, 4.69) is 18.8 Å². The minimum atomic E-state index is -0.901. The number of carbonyl (C=O) groups is 3. The summed E-state index contributed by atoms with van der Waals surface area (Å²) in [5.41, 5.74) is 1.19. The number of carbonyl (C=O) groups excluding carboxylic acids is 3. The summed E-state index contributed by atoms with van der Waals surface area (Å²) in [6.45, 7) is 9.15. The van der Waals surface area contributed by atoms with E-state index in [9.17, 15) is 14.4 Å². The fraction of sp³-hybridized carbons (Fsp3) is 0.593. The molecule has 0 aromatic heterocycles. The molecular weight excluding hydrogens is 432 g/mol. The number of esters is 1. The van der Waals surface area contributed by atoms with Crippen LogP contribution in [0.4, 0.5) is 0 Å². The van der Waals surface area contributed by atoms with Gasteiger partial charge in [-0.2, -0.15) is 0 Å². The predicted molar refractivity (Wildman–Crippen MR) is 133 cm³/mol. The number of piperazine rings is 1. The maximum absolute atomic E-state index is 13.3. The van der Waals surface area contributed by atoms with Crippen LogP contribution in [-0.4, -0.2) is 55.0 Å². The molecular formula is C27H40N2O5. The number of unbranched alkanes of at least 4 members (excludes halogenated alkanes) is 7. The third kappa shape index (κ3) is 9.20. The lowest BCUT2D eigenvalue weighted by Crippen LogP contribution is -2.57. The largest absolute Gasteiger partial charge is 0.488 e. The molecule has 0 spiro atoms. The highest BCUT2D eigenvalue weighted by atomic mass is 16.5. The van der Waals surface area contributed by atoms with Gasteiger partial charge in [-0.25, -0.2) is 0 Å². The third-order valence-electron chi connectivity index (χ3n) is 5.80. The summed E-state index contributed by atoms with van der Waals surface area (Å²) >= 11 is 0. The number of hydrogen-bond acceptors (Lipinski definition) is 5. The van der Waals surface area contributed by atoms with Crippen molar-refractivity contribution >= 4 is 17.8 Å². The van der Waals surface area contributed by atoms with Gasteiger partial charge in [0.1, 0.15) is 18.4 Å². The van der Waals surface area contributed by atoms with Gasteiger partial charge in [0.25, 0.3) is 5.91 Å². The van der Waals surface area contributed by atoms with E-state index < -0.39 is 12.0 Å². The van der Waals surface area contributed by atoms with Crippen LogP contribution < -0.4 is 10.1 Å². The Morgan fingerprint density at radius 3 is 2.47 bits per heavy atom. The Kier molecular flexibility index (Phi) is 12.2. The summed E-state index contributed by atoms with van der Waals surface area (Å²) in [4.78, 5) is 39.7. The van der Waals surface area contributed by atoms with E-state index >= 15 is 0 Å². The van der Waals surface area contributed by atoms with Gasteiger partial charge in [0.15, 0.2) is 0 Å². The molecule has 2 amide bonds. The van der Waals surface area contributed by atoms with E-state index in [0.717, 1.165) is 24.8 Å². The van der Waals surface area contributed by atoms with Crippen molar-refractivity contribution in [3.63, 3.8) is 0 Å². The van der Waals surface area contributed by atoms with Crippen molar-refractivity contribution in [2.45, 2.75) is 77.7 Å². The van der Waals surface area contributed by atoms with Gasteiger partial charge in [-0.05, 0) is 31.1 Å². The van der Waals surface area contributed by atoms with E-state index in [1.165, 1.54) is 37.0 Å². The molecule has 188 valence electrons. The van der Waals surface area contributed by atoms with Crippen LogP contribution in [0, 0.1) is 0 Å². The molecule has 1 heterocycles. The normalized spacial score (nSPS) is 15.5. The van der Waals surface area contributed by atoms with Crippen LogP contribution in [0.1, 0.15) is 82.0 Å². The second-order valence-electron chi connectivity index (χ2n) is 8.95. The van der Waals surface area contributed by atoms with E-state index in [1.54, 1.807) is 24.3 Å². The van der Waals surface area contributed by atoms with Gasteiger partial charge in [0.2, 0.25) is 5.91 Å². The molecule has 1 unspecified atom stereocenters. The number of ether oxygens (including phenoxy) is 2. The first-order valence-corrected chi connectivity index (χ1v) is 12.5. The summed E-state index contributed by atoms with van der Waals surface area (Å²) in [6.07, 6.45) is 9.10. The van der Waals surface area contributed by atoms with Gasteiger partial charge in [-0.15, -0.1) is 0 Å². The van der Waals surface area contributed by atoms with E-state index in [4.69, 9.17) is 9.47 Å². The minimum absolute atomic E-state index is 0.163. The van der Waals surface area contributed by atoms with Gasteiger partial charge < -0.3 is 19.7 Å². The van der Waals surface area contributed by atoms with Crippen molar-refractivity contribution in [3.05, 3.63) is 42.0 Å². The molecule has 0 radical (unpaired) electrons. The predicted octanol–water partition coefficient (Wildman–Crippen LogP) is 4.66. The molecule has 1 atom stereocenters. The molecule has 2 rings (SSSR count). The second kappa shape index (κ2) is 15.1. The third-order valence-corrected chi connectivity index (χ3v) is 5.80. The molecule has 1 fully saturated rings. The highest BCUT2D eigenvalue weighted by Gasteiger charge is 2.36. The second-order valence-corrected chi connectivity index (χ2v) is 8.95. The van der Waals surface area contributed by atoms with Crippen molar-refractivity contribution < 1.29 is 23.9 Å². The van der Waals surface area contributed by atoms with Crippen molar-refractivity contribution in [3.8, 4) is 5.75 Å². The van der Waals surface area contributed by atoms with Crippen LogP contribution in [0.25, 0.3) is 0 Å². The van der Waals surface area contributed by atoms with Crippen LogP contribution in [0.15, 0.2) is 36.4 Å². The quantitative estimate of drug-likeness (QED) is 0.228. The summed E-state index contributed by atoms with van der Waals surface area (Å²) in [7, 11) is 0. The van der Waals surface area contributed by atoms with Crippen molar-refractivity contribution in [2.75, 3.05) is 26.3 Å².